The molecule has 1 saturated heterocycles. The van der Waals surface area contributed by atoms with Crippen molar-refractivity contribution in [2.45, 2.75) is 6.54 Å². The maximum Gasteiger partial charge on any atom is 0.269 e. The van der Waals surface area contributed by atoms with Gasteiger partial charge in [0.2, 0.25) is 0 Å². The number of non-ortho nitro benzene ring substituents is 1. The van der Waals surface area contributed by atoms with Crippen LogP contribution in [0.25, 0.3) is 0 Å². The van der Waals surface area contributed by atoms with Crippen LogP contribution in [0, 0.1) is 21.4 Å². The summed E-state index contributed by atoms with van der Waals surface area (Å²) in [6.07, 6.45) is 0. The van der Waals surface area contributed by atoms with Crippen LogP contribution < -0.4 is 0 Å². The van der Waals surface area contributed by atoms with E-state index in [0.29, 0.717) is 12.1 Å². The predicted octanol–water partition coefficient (Wildman–Crippen LogP) is 1.21. The van der Waals surface area contributed by atoms with Crippen LogP contribution in [0.4, 0.5) is 5.69 Å². The van der Waals surface area contributed by atoms with Gasteiger partial charge in [-0.3, -0.25) is 15.0 Å². The minimum atomic E-state index is -0.422. The highest BCUT2D eigenvalue weighted by molar-refractivity contribution is 5.45. The van der Waals surface area contributed by atoms with Gasteiger partial charge in [0.05, 0.1) is 16.6 Å². The highest BCUT2D eigenvalue weighted by Gasteiger charge is 2.17. The second kappa shape index (κ2) is 5.78. The van der Waals surface area contributed by atoms with E-state index in [-0.39, 0.29) is 5.69 Å². The third kappa shape index (κ3) is 3.28. The number of likely N-dealkylation sites (N-methyl/N-ethyl adjacent to an activating group) is 1. The van der Waals surface area contributed by atoms with E-state index in [1.54, 1.807) is 0 Å². The number of nitrogens with zero attached hydrogens (tertiary/aromatic N) is 4. The Morgan fingerprint density at radius 2 is 2.05 bits per heavy atom. The summed E-state index contributed by atoms with van der Waals surface area (Å²) in [7, 11) is 2.07. The van der Waals surface area contributed by atoms with E-state index < -0.39 is 4.92 Å². The van der Waals surface area contributed by atoms with Crippen LogP contribution in [-0.4, -0.2) is 47.9 Å². The molecule has 1 aromatic carbocycles. The number of benzene rings is 1. The molecular formula is C13H16N4O2. The number of hydrogen-bond donors (Lipinski definition) is 0. The van der Waals surface area contributed by atoms with Crippen LogP contribution in [-0.2, 0) is 6.54 Å². The summed E-state index contributed by atoms with van der Waals surface area (Å²) in [6.45, 7) is 4.40. The SMILES string of the molecule is CN1CCN(Cc2cc([N+](=O)[O-])ccc2C#N)CC1. The molecule has 0 atom stereocenters. The molecule has 6 heteroatoms. The summed E-state index contributed by atoms with van der Waals surface area (Å²) < 4.78 is 0. The summed E-state index contributed by atoms with van der Waals surface area (Å²) in [5, 5.41) is 19.9. The van der Waals surface area contributed by atoms with Crippen LogP contribution in [0.15, 0.2) is 18.2 Å². The van der Waals surface area contributed by atoms with E-state index in [9.17, 15) is 10.1 Å². The zero-order chi connectivity index (χ0) is 13.8. The Kier molecular flexibility index (Phi) is 4.10. The Hall–Kier alpha value is -1.97. The molecule has 0 radical (unpaired) electrons. The van der Waals surface area contributed by atoms with Crippen LogP contribution in [0.2, 0.25) is 0 Å². The molecule has 1 heterocycles. The first-order valence-corrected chi connectivity index (χ1v) is 6.18. The molecule has 0 spiro atoms. The summed E-state index contributed by atoms with van der Waals surface area (Å²) >= 11 is 0. The first kappa shape index (κ1) is 13.5. The Bertz CT molecular complexity index is 516. The van der Waals surface area contributed by atoms with Gasteiger partial charge in [0.15, 0.2) is 0 Å². The van der Waals surface area contributed by atoms with Gasteiger partial charge >= 0.3 is 0 Å². The lowest BCUT2D eigenvalue weighted by Crippen LogP contribution is -2.43. The van der Waals surface area contributed by atoms with Crippen LogP contribution in [0.5, 0.6) is 0 Å². The Morgan fingerprint density at radius 1 is 1.37 bits per heavy atom. The van der Waals surface area contributed by atoms with Gasteiger partial charge in [-0.1, -0.05) is 0 Å². The molecule has 0 bridgehead atoms. The van der Waals surface area contributed by atoms with E-state index in [4.69, 9.17) is 5.26 Å². The number of nitriles is 1. The van der Waals surface area contributed by atoms with Crippen molar-refractivity contribution in [3.05, 3.63) is 39.4 Å². The summed E-state index contributed by atoms with van der Waals surface area (Å²) in [5.74, 6) is 0. The van der Waals surface area contributed by atoms with Gasteiger partial charge in [-0.05, 0) is 18.7 Å². The maximum atomic E-state index is 10.8. The van der Waals surface area contributed by atoms with Crippen molar-refractivity contribution in [1.82, 2.24) is 9.80 Å². The average Bonchev–Trinajstić information content (AvgIpc) is 2.41. The quantitative estimate of drug-likeness (QED) is 0.603. The summed E-state index contributed by atoms with van der Waals surface area (Å²) in [6, 6.07) is 6.52. The number of piperazine rings is 1. The standard InChI is InChI=1S/C13H16N4O2/c1-15-4-6-16(7-5-15)10-12-8-13(17(18)19)3-2-11(12)9-14/h2-3,8H,4-7,10H2,1H3. The van der Waals surface area contributed by atoms with Crippen LogP contribution >= 0.6 is 0 Å². The van der Waals surface area contributed by atoms with Crippen molar-refractivity contribution < 1.29 is 4.92 Å². The minimum Gasteiger partial charge on any atom is -0.304 e. The summed E-state index contributed by atoms with van der Waals surface area (Å²) in [4.78, 5) is 14.8. The molecular weight excluding hydrogens is 244 g/mol. The van der Waals surface area contributed by atoms with E-state index in [0.717, 1.165) is 31.7 Å². The lowest BCUT2D eigenvalue weighted by atomic mass is 10.1. The molecule has 1 fully saturated rings. The van der Waals surface area contributed by atoms with Crippen molar-refractivity contribution in [2.24, 2.45) is 0 Å². The highest BCUT2D eigenvalue weighted by atomic mass is 16.6. The monoisotopic (exact) mass is 260 g/mol. The van der Waals surface area contributed by atoms with Gasteiger partial charge < -0.3 is 4.90 Å². The molecule has 1 aliphatic heterocycles. The van der Waals surface area contributed by atoms with Gasteiger partial charge in [0.1, 0.15) is 0 Å². The number of rotatable bonds is 3. The second-order valence-electron chi connectivity index (χ2n) is 4.79. The Balaban J connectivity index is 2.16. The fourth-order valence-electron chi connectivity index (χ4n) is 2.18. The number of nitro groups is 1. The number of nitro benzene ring substituents is 1. The topological polar surface area (TPSA) is 73.4 Å². The fourth-order valence-corrected chi connectivity index (χ4v) is 2.18. The van der Waals surface area contributed by atoms with Crippen molar-refractivity contribution in [2.75, 3.05) is 33.2 Å². The van der Waals surface area contributed by atoms with Gasteiger partial charge in [-0.25, -0.2) is 0 Å². The Morgan fingerprint density at radius 3 is 2.63 bits per heavy atom. The van der Waals surface area contributed by atoms with Crippen molar-refractivity contribution in [3.8, 4) is 6.07 Å². The molecule has 100 valence electrons. The normalized spacial score (nSPS) is 17.1. The van der Waals surface area contributed by atoms with E-state index in [2.05, 4.69) is 22.9 Å². The molecule has 2 rings (SSSR count). The molecule has 6 nitrogen and oxygen atoms in total. The zero-order valence-electron chi connectivity index (χ0n) is 10.9. The van der Waals surface area contributed by atoms with Crippen LogP contribution in [0.1, 0.15) is 11.1 Å². The van der Waals surface area contributed by atoms with Gasteiger partial charge in [0, 0.05) is 44.9 Å². The molecule has 1 aliphatic rings. The molecule has 0 saturated carbocycles. The lowest BCUT2D eigenvalue weighted by molar-refractivity contribution is -0.384. The van der Waals surface area contributed by atoms with E-state index >= 15 is 0 Å². The first-order valence-electron chi connectivity index (χ1n) is 6.18. The molecule has 1 aromatic rings. The lowest BCUT2D eigenvalue weighted by Gasteiger charge is -2.32. The van der Waals surface area contributed by atoms with Crippen molar-refractivity contribution in [3.63, 3.8) is 0 Å². The highest BCUT2D eigenvalue weighted by Crippen LogP contribution is 2.19. The third-order valence-corrected chi connectivity index (χ3v) is 3.41. The van der Waals surface area contributed by atoms with Crippen molar-refractivity contribution >= 4 is 5.69 Å². The van der Waals surface area contributed by atoms with Crippen molar-refractivity contribution in [1.29, 1.82) is 5.26 Å². The average molecular weight is 260 g/mol. The molecule has 0 N–H and O–H groups in total. The van der Waals surface area contributed by atoms with E-state index in [1.807, 2.05) is 0 Å². The molecule has 19 heavy (non-hydrogen) atoms. The Labute approximate surface area is 112 Å². The first-order chi connectivity index (χ1) is 9.10. The zero-order valence-corrected chi connectivity index (χ0v) is 10.9. The molecule has 0 aliphatic carbocycles. The van der Waals surface area contributed by atoms with Gasteiger partial charge in [-0.2, -0.15) is 5.26 Å². The number of hydrogen-bond acceptors (Lipinski definition) is 5. The molecule has 0 unspecified atom stereocenters. The van der Waals surface area contributed by atoms with Gasteiger partial charge in [-0.15, -0.1) is 0 Å². The van der Waals surface area contributed by atoms with Crippen LogP contribution in [0.3, 0.4) is 0 Å². The third-order valence-electron chi connectivity index (χ3n) is 3.41. The predicted molar refractivity (Wildman–Crippen MR) is 70.6 cm³/mol. The van der Waals surface area contributed by atoms with E-state index in [1.165, 1.54) is 18.2 Å². The smallest absolute Gasteiger partial charge is 0.269 e. The molecule has 0 aromatic heterocycles. The minimum absolute atomic E-state index is 0.0446. The fraction of sp³-hybridized carbons (Fsp3) is 0.462. The molecule has 0 amide bonds. The largest absolute Gasteiger partial charge is 0.304 e. The summed E-state index contributed by atoms with van der Waals surface area (Å²) in [5.41, 5.74) is 1.30. The maximum absolute atomic E-state index is 10.8. The van der Waals surface area contributed by atoms with Gasteiger partial charge in [0.25, 0.3) is 5.69 Å². The second-order valence-corrected chi connectivity index (χ2v) is 4.79.